The number of methoxy groups -OCH3 is 3. The van der Waals surface area contributed by atoms with Crippen molar-refractivity contribution in [2.75, 3.05) is 41.0 Å². The first-order chi connectivity index (χ1) is 16.6. The Balaban J connectivity index is 1.43. The number of ether oxygens (including phenoxy) is 3. The third-order valence-corrected chi connectivity index (χ3v) is 8.44. The Hall–Kier alpha value is -2.44. The number of aromatic hydroxyl groups is 1. The van der Waals surface area contributed by atoms with Gasteiger partial charge in [0, 0.05) is 25.2 Å². The van der Waals surface area contributed by atoms with Crippen molar-refractivity contribution >= 4 is 0 Å². The van der Waals surface area contributed by atoms with Crippen LogP contribution in [0.2, 0.25) is 0 Å². The van der Waals surface area contributed by atoms with Crippen molar-refractivity contribution in [1.29, 1.82) is 0 Å². The highest BCUT2D eigenvalue weighted by Crippen LogP contribution is 2.47. The molecule has 6 nitrogen and oxygen atoms in total. The molecule has 0 saturated carbocycles. The van der Waals surface area contributed by atoms with Gasteiger partial charge in [0.05, 0.1) is 21.3 Å². The molecule has 0 aromatic heterocycles. The monoisotopic (exact) mass is 466 g/mol. The minimum atomic E-state index is 0.241. The van der Waals surface area contributed by atoms with E-state index >= 15 is 0 Å². The lowest BCUT2D eigenvalue weighted by Crippen LogP contribution is -2.46. The van der Waals surface area contributed by atoms with Gasteiger partial charge in [-0.1, -0.05) is 13.3 Å². The molecule has 6 heteroatoms. The Labute approximate surface area is 203 Å². The molecule has 2 aromatic carbocycles. The zero-order chi connectivity index (χ0) is 23.8. The second kappa shape index (κ2) is 9.67. The van der Waals surface area contributed by atoms with Crippen molar-refractivity contribution in [2.24, 2.45) is 11.8 Å². The Morgan fingerprint density at radius 1 is 0.912 bits per heavy atom. The van der Waals surface area contributed by atoms with Crippen LogP contribution < -0.4 is 19.5 Å². The summed E-state index contributed by atoms with van der Waals surface area (Å²) in [5.41, 5.74) is 5.34. The highest BCUT2D eigenvalue weighted by Gasteiger charge is 2.40. The normalized spacial score (nSPS) is 26.2. The summed E-state index contributed by atoms with van der Waals surface area (Å²) in [5.74, 6) is 3.76. The molecule has 1 saturated heterocycles. The van der Waals surface area contributed by atoms with E-state index in [-0.39, 0.29) is 11.8 Å². The first-order valence-electron chi connectivity index (χ1n) is 12.7. The third-order valence-electron chi connectivity index (χ3n) is 8.44. The Morgan fingerprint density at radius 2 is 1.62 bits per heavy atom. The number of benzene rings is 2. The molecule has 0 bridgehead atoms. The van der Waals surface area contributed by atoms with E-state index in [0.29, 0.717) is 23.6 Å². The first-order valence-corrected chi connectivity index (χ1v) is 12.7. The van der Waals surface area contributed by atoms with Crippen molar-refractivity contribution in [3.63, 3.8) is 0 Å². The lowest BCUT2D eigenvalue weighted by atomic mass is 9.72. The molecule has 2 N–H and O–H groups in total. The van der Waals surface area contributed by atoms with Crippen LogP contribution >= 0.6 is 0 Å². The fourth-order valence-electron chi connectivity index (χ4n) is 6.59. The summed E-state index contributed by atoms with van der Waals surface area (Å²) in [6.07, 6.45) is 5.46. The molecule has 184 valence electrons. The first kappa shape index (κ1) is 23.3. The standard InChI is InChI=1S/C28H38N2O4/c1-5-17-16-30-9-7-19-13-27(33-3)28(34-4)15-22(19)24(30)11-20(17)10-23-21-14-26(32-2)25(31)12-18(21)6-8-29-23/h12-15,17,20,23-24,29,31H,5-11,16H2,1-4H3/t17-,20+,23+,24-/m0/s1. The highest BCUT2D eigenvalue weighted by atomic mass is 16.5. The molecular formula is C28H38N2O4. The van der Waals surface area contributed by atoms with Crippen LogP contribution in [0.5, 0.6) is 23.0 Å². The summed E-state index contributed by atoms with van der Waals surface area (Å²) in [6.45, 7) is 5.55. The number of nitrogens with one attached hydrogen (secondary N) is 1. The second-order valence-electron chi connectivity index (χ2n) is 10.0. The van der Waals surface area contributed by atoms with Crippen molar-refractivity contribution in [3.05, 3.63) is 46.5 Å². The van der Waals surface area contributed by atoms with Crippen molar-refractivity contribution in [2.45, 2.75) is 51.1 Å². The van der Waals surface area contributed by atoms with Gasteiger partial charge in [-0.05, 0) is 90.6 Å². The number of nitrogens with zero attached hydrogens (tertiary/aromatic N) is 1. The van der Waals surface area contributed by atoms with E-state index in [1.807, 2.05) is 12.1 Å². The van der Waals surface area contributed by atoms with Crippen molar-refractivity contribution in [1.82, 2.24) is 10.2 Å². The maximum absolute atomic E-state index is 10.3. The van der Waals surface area contributed by atoms with Gasteiger partial charge in [0.1, 0.15) is 0 Å². The number of hydrogen-bond acceptors (Lipinski definition) is 6. The number of rotatable bonds is 6. The van der Waals surface area contributed by atoms with E-state index in [9.17, 15) is 5.11 Å². The van der Waals surface area contributed by atoms with Gasteiger partial charge in [-0.3, -0.25) is 4.90 Å². The number of fused-ring (bicyclic) bond motifs is 4. The summed E-state index contributed by atoms with van der Waals surface area (Å²) < 4.78 is 16.7. The Bertz CT molecular complexity index is 1040. The van der Waals surface area contributed by atoms with Gasteiger partial charge >= 0.3 is 0 Å². The summed E-state index contributed by atoms with van der Waals surface area (Å²) in [7, 11) is 5.06. The van der Waals surface area contributed by atoms with Crippen LogP contribution in [-0.2, 0) is 12.8 Å². The maximum Gasteiger partial charge on any atom is 0.161 e. The molecular weight excluding hydrogens is 428 g/mol. The molecule has 34 heavy (non-hydrogen) atoms. The van der Waals surface area contributed by atoms with Crippen LogP contribution in [0, 0.1) is 11.8 Å². The van der Waals surface area contributed by atoms with Crippen LogP contribution in [0.1, 0.15) is 60.5 Å². The summed E-state index contributed by atoms with van der Waals surface area (Å²) in [4.78, 5) is 2.70. The van der Waals surface area contributed by atoms with Gasteiger partial charge in [-0.2, -0.15) is 0 Å². The molecule has 0 aliphatic carbocycles. The highest BCUT2D eigenvalue weighted by molar-refractivity contribution is 5.50. The molecule has 3 aliphatic heterocycles. The van der Waals surface area contributed by atoms with Gasteiger partial charge in [0.15, 0.2) is 23.0 Å². The van der Waals surface area contributed by atoms with Gasteiger partial charge in [-0.25, -0.2) is 0 Å². The Morgan fingerprint density at radius 3 is 2.35 bits per heavy atom. The smallest absolute Gasteiger partial charge is 0.161 e. The van der Waals surface area contributed by atoms with E-state index < -0.39 is 0 Å². The van der Waals surface area contributed by atoms with Gasteiger partial charge in [0.2, 0.25) is 0 Å². The van der Waals surface area contributed by atoms with Crippen LogP contribution in [0.15, 0.2) is 24.3 Å². The molecule has 0 unspecified atom stereocenters. The second-order valence-corrected chi connectivity index (χ2v) is 10.0. The number of phenolic OH excluding ortho intramolecular Hbond substituents is 1. The SMILES string of the molecule is CC[C@H]1CN2CCc3cc(OC)c(OC)cc3[C@@H]2C[C@H]1C[C@H]1NCCc2cc(O)c(OC)cc21. The van der Waals surface area contributed by atoms with Gasteiger partial charge in [-0.15, -0.1) is 0 Å². The fraction of sp³-hybridized carbons (Fsp3) is 0.571. The molecule has 4 atom stereocenters. The summed E-state index contributed by atoms with van der Waals surface area (Å²) in [6, 6.07) is 9.06. The largest absolute Gasteiger partial charge is 0.504 e. The van der Waals surface area contributed by atoms with Crippen molar-refractivity contribution < 1.29 is 19.3 Å². The minimum absolute atomic E-state index is 0.241. The molecule has 3 aliphatic rings. The maximum atomic E-state index is 10.3. The molecule has 1 fully saturated rings. The average Bonchev–Trinajstić information content (AvgIpc) is 2.87. The summed E-state index contributed by atoms with van der Waals surface area (Å²) >= 11 is 0. The summed E-state index contributed by atoms with van der Waals surface area (Å²) in [5, 5.41) is 14.1. The third kappa shape index (κ3) is 4.11. The van der Waals surface area contributed by atoms with Gasteiger partial charge < -0.3 is 24.6 Å². The van der Waals surface area contributed by atoms with Crippen LogP contribution in [0.25, 0.3) is 0 Å². The predicted octanol–water partition coefficient (Wildman–Crippen LogP) is 4.64. The fourth-order valence-corrected chi connectivity index (χ4v) is 6.59. The molecule has 0 radical (unpaired) electrons. The van der Waals surface area contributed by atoms with E-state index in [2.05, 4.69) is 29.3 Å². The quantitative estimate of drug-likeness (QED) is 0.647. The van der Waals surface area contributed by atoms with E-state index in [1.54, 1.807) is 21.3 Å². The number of piperidine rings is 1. The molecule has 0 spiro atoms. The average molecular weight is 467 g/mol. The van der Waals surface area contributed by atoms with Crippen LogP contribution in [-0.4, -0.2) is 51.0 Å². The predicted molar refractivity (Wildman–Crippen MR) is 133 cm³/mol. The lowest BCUT2D eigenvalue weighted by Gasteiger charge is -2.48. The Kier molecular flexibility index (Phi) is 6.63. The van der Waals surface area contributed by atoms with Crippen LogP contribution in [0.4, 0.5) is 0 Å². The molecule has 3 heterocycles. The van der Waals surface area contributed by atoms with Crippen molar-refractivity contribution in [3.8, 4) is 23.0 Å². The zero-order valence-corrected chi connectivity index (χ0v) is 20.9. The van der Waals surface area contributed by atoms with Crippen LogP contribution in [0.3, 0.4) is 0 Å². The number of hydrogen-bond donors (Lipinski definition) is 2. The zero-order valence-electron chi connectivity index (χ0n) is 20.9. The van der Waals surface area contributed by atoms with Gasteiger partial charge in [0.25, 0.3) is 0 Å². The topological polar surface area (TPSA) is 63.2 Å². The van der Waals surface area contributed by atoms with E-state index in [0.717, 1.165) is 56.8 Å². The lowest BCUT2D eigenvalue weighted by molar-refractivity contribution is 0.0434. The number of phenols is 1. The van der Waals surface area contributed by atoms with E-state index in [4.69, 9.17) is 14.2 Å². The molecule has 0 amide bonds. The van der Waals surface area contributed by atoms with E-state index in [1.165, 1.54) is 28.7 Å². The minimum Gasteiger partial charge on any atom is -0.504 e. The molecule has 5 rings (SSSR count). The molecule has 2 aromatic rings.